The van der Waals surface area contributed by atoms with Crippen LogP contribution in [0.15, 0.2) is 0 Å². The molecule has 3 amide bonds. The summed E-state index contributed by atoms with van der Waals surface area (Å²) in [7, 11) is 0. The summed E-state index contributed by atoms with van der Waals surface area (Å²) in [6.07, 6.45) is 16.4. The lowest BCUT2D eigenvalue weighted by atomic mass is 9.37. The van der Waals surface area contributed by atoms with Crippen molar-refractivity contribution in [2.45, 2.75) is 111 Å². The predicted molar refractivity (Wildman–Crippen MR) is 131 cm³/mol. The zero-order valence-corrected chi connectivity index (χ0v) is 21.3. The second-order valence-electron chi connectivity index (χ2n) is 11.9. The van der Waals surface area contributed by atoms with Gasteiger partial charge in [-0.05, 0) is 106 Å². The van der Waals surface area contributed by atoms with Crippen LogP contribution in [0.25, 0.3) is 0 Å². The molecule has 0 aromatic carbocycles. The highest BCUT2D eigenvalue weighted by Gasteiger charge is 2.61. The topological polar surface area (TPSA) is 87.3 Å². The number of hydrogen-bond acceptors (Lipinski definition) is 3. The Morgan fingerprint density at radius 1 is 0.697 bits per heavy atom. The van der Waals surface area contributed by atoms with Gasteiger partial charge in [-0.2, -0.15) is 0 Å². The molecule has 4 aliphatic carbocycles. The summed E-state index contributed by atoms with van der Waals surface area (Å²) in [4.78, 5) is 34.5. The molecule has 33 heavy (non-hydrogen) atoms. The van der Waals surface area contributed by atoms with Crippen LogP contribution < -0.4 is 16.0 Å². The highest BCUT2D eigenvalue weighted by molar-refractivity contribution is 5.75. The first-order chi connectivity index (χ1) is 15.7. The third-order valence-corrected chi connectivity index (χ3v) is 8.61. The average Bonchev–Trinajstić information content (AvgIpc) is 2.71. The number of carbonyl (C=O) groups is 3. The largest absolute Gasteiger partial charge is 0.356 e. The highest BCUT2D eigenvalue weighted by Crippen LogP contribution is 2.72. The maximum atomic E-state index is 11.9. The average molecular weight is 462 g/mol. The Balaban J connectivity index is 1.64. The van der Waals surface area contributed by atoms with Crippen LogP contribution in [0.4, 0.5) is 0 Å². The lowest BCUT2D eigenvalue weighted by Crippen LogP contribution is -2.57. The van der Waals surface area contributed by atoms with E-state index in [1.165, 1.54) is 57.8 Å². The fraction of sp³-hybridized carbons (Fsp3) is 0.889. The monoisotopic (exact) mass is 461 g/mol. The zero-order chi connectivity index (χ0) is 24.0. The number of amides is 3. The van der Waals surface area contributed by atoms with Gasteiger partial charge < -0.3 is 16.0 Å². The molecule has 4 saturated carbocycles. The van der Waals surface area contributed by atoms with E-state index < -0.39 is 0 Å². The van der Waals surface area contributed by atoms with Crippen LogP contribution >= 0.6 is 0 Å². The van der Waals surface area contributed by atoms with E-state index in [0.29, 0.717) is 22.7 Å². The number of rotatable bonds is 14. The Hall–Kier alpha value is -1.59. The molecule has 0 aromatic rings. The van der Waals surface area contributed by atoms with Gasteiger partial charge in [0.2, 0.25) is 17.7 Å². The summed E-state index contributed by atoms with van der Waals surface area (Å²) >= 11 is 0. The van der Waals surface area contributed by atoms with E-state index in [9.17, 15) is 14.4 Å². The molecule has 0 heterocycles. The van der Waals surface area contributed by atoms with Crippen LogP contribution in [0, 0.1) is 22.2 Å². The molecule has 188 valence electrons. The van der Waals surface area contributed by atoms with E-state index in [-0.39, 0.29) is 17.7 Å². The minimum atomic E-state index is 0.0662. The second-order valence-corrected chi connectivity index (χ2v) is 11.9. The maximum absolute atomic E-state index is 11.9. The van der Waals surface area contributed by atoms with Crippen molar-refractivity contribution in [1.82, 2.24) is 16.0 Å². The van der Waals surface area contributed by atoms with Crippen LogP contribution in [-0.2, 0) is 14.4 Å². The van der Waals surface area contributed by atoms with E-state index in [2.05, 4.69) is 16.0 Å². The van der Waals surface area contributed by atoms with Gasteiger partial charge in [0.05, 0.1) is 0 Å². The van der Waals surface area contributed by atoms with Crippen LogP contribution in [0.3, 0.4) is 0 Å². The molecule has 0 saturated heterocycles. The van der Waals surface area contributed by atoms with Crippen molar-refractivity contribution in [3.05, 3.63) is 0 Å². The van der Waals surface area contributed by atoms with E-state index >= 15 is 0 Å². The van der Waals surface area contributed by atoms with Gasteiger partial charge in [-0.1, -0.05) is 6.92 Å². The predicted octanol–water partition coefficient (Wildman–Crippen LogP) is 4.47. The number of carbonyl (C=O) groups excluding carboxylic acids is 3. The third-order valence-electron chi connectivity index (χ3n) is 8.61. The van der Waals surface area contributed by atoms with Crippen molar-refractivity contribution in [3.8, 4) is 0 Å². The molecule has 0 aliphatic heterocycles. The Morgan fingerprint density at radius 2 is 1.09 bits per heavy atom. The lowest BCUT2D eigenvalue weighted by molar-refractivity contribution is -0.168. The number of hydrogen-bond donors (Lipinski definition) is 3. The summed E-state index contributed by atoms with van der Waals surface area (Å²) in [5, 5.41) is 9.11. The van der Waals surface area contributed by atoms with E-state index in [1.807, 2.05) is 6.92 Å². The van der Waals surface area contributed by atoms with Gasteiger partial charge in [0.15, 0.2) is 0 Å². The molecule has 4 rings (SSSR count). The molecular weight excluding hydrogens is 414 g/mol. The molecule has 0 aromatic heterocycles. The molecule has 6 nitrogen and oxygen atoms in total. The summed E-state index contributed by atoms with van der Waals surface area (Å²) in [6.45, 7) is 7.62. The van der Waals surface area contributed by atoms with E-state index in [1.54, 1.807) is 13.8 Å². The first kappa shape index (κ1) is 26.0. The van der Waals surface area contributed by atoms with E-state index in [0.717, 1.165) is 51.2 Å². The van der Waals surface area contributed by atoms with Gasteiger partial charge in [-0.15, -0.1) is 0 Å². The maximum Gasteiger partial charge on any atom is 0.219 e. The Bertz CT molecular complexity index is 669. The van der Waals surface area contributed by atoms with Crippen molar-refractivity contribution >= 4 is 17.7 Å². The molecule has 6 heteroatoms. The molecule has 4 bridgehead atoms. The van der Waals surface area contributed by atoms with Gasteiger partial charge in [-0.3, -0.25) is 14.4 Å². The minimum Gasteiger partial charge on any atom is -0.356 e. The molecule has 2 atom stereocenters. The molecule has 4 aliphatic rings. The SMILES string of the molecule is CCCC(=O)NCCCC12CC3CC(CCCNC(C)=O)(CC(CCCNC(C)=O)(C3)C1)C2. The first-order valence-corrected chi connectivity index (χ1v) is 13.5. The Morgan fingerprint density at radius 3 is 1.45 bits per heavy atom. The van der Waals surface area contributed by atoms with Crippen LogP contribution in [0.1, 0.15) is 111 Å². The third kappa shape index (κ3) is 7.19. The van der Waals surface area contributed by atoms with Crippen molar-refractivity contribution in [2.24, 2.45) is 22.2 Å². The van der Waals surface area contributed by atoms with Crippen LogP contribution in [0.5, 0.6) is 0 Å². The van der Waals surface area contributed by atoms with Gasteiger partial charge in [0, 0.05) is 39.9 Å². The molecule has 4 fully saturated rings. The zero-order valence-electron chi connectivity index (χ0n) is 21.3. The minimum absolute atomic E-state index is 0.0662. The summed E-state index contributed by atoms with van der Waals surface area (Å²) < 4.78 is 0. The summed E-state index contributed by atoms with van der Waals surface area (Å²) in [5.41, 5.74) is 1.24. The first-order valence-electron chi connectivity index (χ1n) is 13.5. The summed E-state index contributed by atoms with van der Waals surface area (Å²) in [5.74, 6) is 1.14. The van der Waals surface area contributed by atoms with Crippen molar-refractivity contribution < 1.29 is 14.4 Å². The Kier molecular flexibility index (Phi) is 8.85. The van der Waals surface area contributed by atoms with Crippen LogP contribution in [-0.4, -0.2) is 37.4 Å². The smallest absolute Gasteiger partial charge is 0.219 e. The van der Waals surface area contributed by atoms with Gasteiger partial charge in [0.25, 0.3) is 0 Å². The quantitative estimate of drug-likeness (QED) is 0.334. The molecule has 3 N–H and O–H groups in total. The summed E-state index contributed by atoms with van der Waals surface area (Å²) in [6, 6.07) is 0. The molecule has 0 radical (unpaired) electrons. The normalized spacial score (nSPS) is 31.9. The molecule has 2 unspecified atom stereocenters. The van der Waals surface area contributed by atoms with Gasteiger partial charge in [0.1, 0.15) is 0 Å². The van der Waals surface area contributed by atoms with Crippen molar-refractivity contribution in [1.29, 1.82) is 0 Å². The Labute approximate surface area is 200 Å². The van der Waals surface area contributed by atoms with Crippen LogP contribution in [0.2, 0.25) is 0 Å². The van der Waals surface area contributed by atoms with Crippen molar-refractivity contribution in [2.75, 3.05) is 19.6 Å². The fourth-order valence-corrected chi connectivity index (χ4v) is 8.36. The standard InChI is InChI=1S/C27H47N3O3/c1-4-8-24(33)30-14-7-11-27-17-23-15-25(19-27,9-5-12-28-21(2)31)18-26(16-23,20-27)10-6-13-29-22(3)32/h23H,4-20H2,1-3H3,(H,28,31)(H,29,32)(H,30,33). The van der Waals surface area contributed by atoms with Gasteiger partial charge in [-0.25, -0.2) is 0 Å². The van der Waals surface area contributed by atoms with E-state index in [4.69, 9.17) is 0 Å². The molecular formula is C27H47N3O3. The fourth-order valence-electron chi connectivity index (χ4n) is 8.36. The number of nitrogens with one attached hydrogen (secondary N) is 3. The highest BCUT2D eigenvalue weighted by atomic mass is 16.2. The van der Waals surface area contributed by atoms with Crippen molar-refractivity contribution in [3.63, 3.8) is 0 Å². The molecule has 0 spiro atoms. The lowest BCUT2D eigenvalue weighted by Gasteiger charge is -2.67. The van der Waals surface area contributed by atoms with Gasteiger partial charge >= 0.3 is 0 Å². The second kappa shape index (κ2) is 11.2.